The van der Waals surface area contributed by atoms with Crippen LogP contribution in [0.1, 0.15) is 78.1 Å². The summed E-state index contributed by atoms with van der Waals surface area (Å²) in [5.41, 5.74) is 6.94. The van der Waals surface area contributed by atoms with E-state index < -0.39 is 28.5 Å². The molecule has 0 aliphatic carbocycles. The van der Waals surface area contributed by atoms with Crippen molar-refractivity contribution < 1.29 is 40.0 Å². The molecule has 0 saturated carbocycles. The van der Waals surface area contributed by atoms with Crippen molar-refractivity contribution in [3.8, 4) is 11.5 Å². The van der Waals surface area contributed by atoms with Crippen LogP contribution < -0.4 is 19.9 Å². The molecule has 2 aromatic carbocycles. The number of ether oxygens (including phenoxy) is 2. The number of nitrogens with one attached hydrogen (secondary N) is 1. The summed E-state index contributed by atoms with van der Waals surface area (Å²) in [6.07, 6.45) is -8.12. The highest BCUT2D eigenvalue weighted by Crippen LogP contribution is 2.28. The molecule has 0 radical (unpaired) electrons. The van der Waals surface area contributed by atoms with Crippen molar-refractivity contribution in [1.29, 1.82) is 0 Å². The monoisotopic (exact) mass is 594 g/mol. The smallest absolute Gasteiger partial charge is 0.406 e. The zero-order chi connectivity index (χ0) is 27.7. The molecule has 0 amide bonds. The number of benzene rings is 2. The molecule has 0 fully saturated rings. The molecule has 13 heteroatoms. The molecule has 5 nitrogen and oxygen atoms in total. The van der Waals surface area contributed by atoms with Gasteiger partial charge in [-0.2, -0.15) is 0 Å². The van der Waals surface area contributed by atoms with Gasteiger partial charge in [-0.3, -0.25) is 0 Å². The Hall–Kier alpha value is -2.02. The van der Waals surface area contributed by atoms with E-state index in [2.05, 4.69) is 14.2 Å². The van der Waals surface area contributed by atoms with Gasteiger partial charge in [0.2, 0.25) is 0 Å². The first kappa shape index (κ1) is 38.1. The summed E-state index contributed by atoms with van der Waals surface area (Å²) in [6.45, 7) is 9.21. The fraction of sp³-hybridized carbons (Fsp3) is 0.520. The summed E-state index contributed by atoms with van der Waals surface area (Å²) < 4.78 is 94.7. The van der Waals surface area contributed by atoms with Crippen LogP contribution in [0.15, 0.2) is 48.5 Å². The molecule has 3 N–H and O–H groups in total. The van der Waals surface area contributed by atoms with Crippen molar-refractivity contribution in [2.75, 3.05) is 0 Å². The van der Waals surface area contributed by atoms with Crippen molar-refractivity contribution in [2.24, 2.45) is 5.73 Å². The molecular weight excluding hydrogens is 558 g/mol. The molecule has 0 aromatic heterocycles. The number of nitrogens with two attached hydrogens (primary N) is 1. The fourth-order valence-corrected chi connectivity index (χ4v) is 3.71. The van der Waals surface area contributed by atoms with Gasteiger partial charge in [-0.05, 0) is 69.0 Å². The van der Waals surface area contributed by atoms with E-state index in [1.54, 1.807) is 12.1 Å². The Balaban J connectivity index is 0. The van der Waals surface area contributed by atoms with Crippen LogP contribution in [0.4, 0.5) is 26.3 Å². The number of halogens is 7. The molecule has 0 unspecified atom stereocenters. The molecule has 0 bridgehead atoms. The summed E-state index contributed by atoms with van der Waals surface area (Å²) >= 11 is 0. The van der Waals surface area contributed by atoms with Crippen LogP contribution in [-0.4, -0.2) is 21.7 Å². The minimum absolute atomic E-state index is 0. The van der Waals surface area contributed by atoms with Crippen LogP contribution >= 0.6 is 12.4 Å². The topological polar surface area (TPSA) is 73.6 Å². The van der Waals surface area contributed by atoms with Gasteiger partial charge >= 0.3 is 12.7 Å². The quantitative estimate of drug-likeness (QED) is 0.303. The third-order valence-corrected chi connectivity index (χ3v) is 6.28. The normalized spacial score (nSPS) is 14.0. The minimum Gasteiger partial charge on any atom is -0.406 e. The molecule has 3 atom stereocenters. The second kappa shape index (κ2) is 16.2. The first-order valence-corrected chi connectivity index (χ1v) is 12.2. The summed E-state index contributed by atoms with van der Waals surface area (Å²) in [5.74, 6) is -0.509. The Morgan fingerprint density at radius 2 is 1.26 bits per heavy atom. The highest BCUT2D eigenvalue weighted by molar-refractivity contribution is 7.84. The number of hydrogen-bond donors (Lipinski definition) is 2. The van der Waals surface area contributed by atoms with E-state index in [-0.39, 0.29) is 43.4 Å². The van der Waals surface area contributed by atoms with Crippen LogP contribution in [0.3, 0.4) is 0 Å². The molecule has 0 heterocycles. The number of rotatable bonds is 8. The standard InChI is InChI=1S/C14H20F3NO2S.C10H12F3NO.CH4.ClH/c1-5-12(18-21(19)13(2,3)4)10-7-6-8-11(9-10)20-14(15,16)17;1-2-9(14)7-4-3-5-8(6-7)15-10(11,12)13;;/h6-9,12,18H,5H2,1-4H3;3-6,9H,2,14H2,1H3;1H4;1H/t12-,21+;9-;;/m00../s1. The zero-order valence-electron chi connectivity index (χ0n) is 21.1. The summed E-state index contributed by atoms with van der Waals surface area (Å²) in [5, 5.41) is 0. The Morgan fingerprint density at radius 3 is 1.63 bits per heavy atom. The third kappa shape index (κ3) is 14.8. The average molecular weight is 595 g/mol. The van der Waals surface area contributed by atoms with Crippen molar-refractivity contribution in [3.63, 3.8) is 0 Å². The fourth-order valence-electron chi connectivity index (χ4n) is 2.80. The lowest BCUT2D eigenvalue weighted by atomic mass is 10.1. The molecule has 2 aromatic rings. The van der Waals surface area contributed by atoms with Crippen LogP contribution in [0, 0.1) is 0 Å². The van der Waals surface area contributed by atoms with Crippen LogP contribution in [0.25, 0.3) is 0 Å². The van der Waals surface area contributed by atoms with Crippen molar-refractivity contribution in [3.05, 3.63) is 59.7 Å². The molecule has 0 spiro atoms. The maximum Gasteiger partial charge on any atom is 0.573 e. The van der Waals surface area contributed by atoms with Gasteiger partial charge in [0, 0.05) is 12.1 Å². The van der Waals surface area contributed by atoms with Gasteiger partial charge in [-0.25, -0.2) is 8.93 Å². The Bertz CT molecular complexity index is 985. The van der Waals surface area contributed by atoms with Gasteiger partial charge < -0.3 is 15.2 Å². The van der Waals surface area contributed by atoms with E-state index in [9.17, 15) is 30.6 Å². The Kier molecular flexibility index (Phi) is 16.2. The van der Waals surface area contributed by atoms with E-state index in [1.807, 2.05) is 34.6 Å². The maximum absolute atomic E-state index is 12.2. The second-order valence-electron chi connectivity index (χ2n) is 8.72. The molecule has 0 aliphatic heterocycles. The average Bonchev–Trinajstić information content (AvgIpc) is 2.74. The van der Waals surface area contributed by atoms with Gasteiger partial charge in [0.1, 0.15) is 11.5 Å². The van der Waals surface area contributed by atoms with Gasteiger partial charge in [0.15, 0.2) is 0 Å². The number of hydrogen-bond acceptors (Lipinski definition) is 4. The lowest BCUT2D eigenvalue weighted by Gasteiger charge is -2.24. The van der Waals surface area contributed by atoms with E-state index >= 15 is 0 Å². The highest BCUT2D eigenvalue weighted by atomic mass is 35.5. The Morgan fingerprint density at radius 1 is 0.842 bits per heavy atom. The van der Waals surface area contributed by atoms with E-state index in [4.69, 9.17) is 5.73 Å². The molecular formula is C25H37ClF6N2O3S. The Labute approximate surface area is 229 Å². The predicted molar refractivity (Wildman–Crippen MR) is 142 cm³/mol. The summed E-state index contributed by atoms with van der Waals surface area (Å²) in [7, 11) is -1.31. The van der Waals surface area contributed by atoms with Crippen molar-refractivity contribution in [1.82, 2.24) is 4.72 Å². The van der Waals surface area contributed by atoms with E-state index in [1.165, 1.54) is 36.4 Å². The number of alkyl halides is 6. The van der Waals surface area contributed by atoms with Gasteiger partial charge in [-0.1, -0.05) is 45.5 Å². The molecule has 0 saturated heterocycles. The van der Waals surface area contributed by atoms with Gasteiger partial charge in [0.25, 0.3) is 0 Å². The largest absolute Gasteiger partial charge is 0.573 e. The highest BCUT2D eigenvalue weighted by Gasteiger charge is 2.32. The SMILES string of the molecule is C.CC[C@H](N)c1cccc(OC(F)(F)F)c1.CC[C@H](N[S@](=O)C(C)(C)C)c1cccc(OC(F)(F)F)c1.Cl. The second-order valence-corrected chi connectivity index (χ2v) is 10.7. The van der Waals surface area contributed by atoms with Gasteiger partial charge in [0.05, 0.1) is 15.7 Å². The van der Waals surface area contributed by atoms with Crippen LogP contribution in [0.2, 0.25) is 0 Å². The molecule has 0 aliphatic rings. The minimum atomic E-state index is -4.72. The first-order valence-electron chi connectivity index (χ1n) is 11.1. The molecule has 220 valence electrons. The van der Waals surface area contributed by atoms with Crippen LogP contribution in [0.5, 0.6) is 11.5 Å². The summed E-state index contributed by atoms with van der Waals surface area (Å²) in [6, 6.07) is 10.9. The molecule has 2 rings (SSSR count). The van der Waals surface area contributed by atoms with E-state index in [0.29, 0.717) is 24.0 Å². The van der Waals surface area contributed by atoms with Crippen molar-refractivity contribution >= 4 is 23.4 Å². The van der Waals surface area contributed by atoms with Crippen molar-refractivity contribution in [2.45, 2.75) is 84.4 Å². The maximum atomic E-state index is 12.2. The van der Waals surface area contributed by atoms with E-state index in [0.717, 1.165) is 0 Å². The lowest BCUT2D eigenvalue weighted by molar-refractivity contribution is -0.275. The summed E-state index contributed by atoms with van der Waals surface area (Å²) in [4.78, 5) is 0. The first-order chi connectivity index (χ1) is 16.4. The molecule has 38 heavy (non-hydrogen) atoms. The third-order valence-electron chi connectivity index (χ3n) is 4.67. The lowest BCUT2D eigenvalue weighted by Crippen LogP contribution is -2.35. The van der Waals surface area contributed by atoms with Crippen LogP contribution in [-0.2, 0) is 11.0 Å². The van der Waals surface area contributed by atoms with Gasteiger partial charge in [-0.15, -0.1) is 38.7 Å². The zero-order valence-corrected chi connectivity index (χ0v) is 22.7. The predicted octanol–water partition coefficient (Wildman–Crippen LogP) is 8.14.